The third kappa shape index (κ3) is 2.70. The molecular weight excluding hydrogens is 262 g/mol. The van der Waals surface area contributed by atoms with Gasteiger partial charge in [0.25, 0.3) is 11.8 Å². The predicted octanol–water partition coefficient (Wildman–Crippen LogP) is 0.597. The fourth-order valence-corrected chi connectivity index (χ4v) is 2.09. The number of rotatable bonds is 5. The first-order valence-electron chi connectivity index (χ1n) is 6.33. The SMILES string of the molecule is CCOC(=O)CC(O)CN1C(=O)c2ccccc2C1=O. The molecule has 0 saturated heterocycles. The van der Waals surface area contributed by atoms with Gasteiger partial charge in [-0.25, -0.2) is 0 Å². The lowest BCUT2D eigenvalue weighted by Crippen LogP contribution is -2.37. The molecule has 1 atom stereocenters. The number of carbonyl (C=O) groups is 3. The number of nitrogens with zero attached hydrogens (tertiary/aromatic N) is 1. The van der Waals surface area contributed by atoms with Crippen LogP contribution in [-0.2, 0) is 9.53 Å². The molecule has 0 radical (unpaired) electrons. The molecule has 0 spiro atoms. The van der Waals surface area contributed by atoms with Gasteiger partial charge in [-0.15, -0.1) is 0 Å². The lowest BCUT2D eigenvalue weighted by Gasteiger charge is -2.17. The van der Waals surface area contributed by atoms with Crippen LogP contribution in [0.15, 0.2) is 24.3 Å². The van der Waals surface area contributed by atoms with Crippen LogP contribution in [0.1, 0.15) is 34.1 Å². The number of ether oxygens (including phenoxy) is 1. The largest absolute Gasteiger partial charge is 0.466 e. The van der Waals surface area contributed by atoms with Gasteiger partial charge in [0.05, 0.1) is 36.8 Å². The van der Waals surface area contributed by atoms with Crippen LogP contribution in [-0.4, -0.2) is 47.0 Å². The molecule has 2 amide bonds. The number of aliphatic hydroxyl groups is 1. The Hall–Kier alpha value is -2.21. The molecule has 1 aliphatic heterocycles. The maximum atomic E-state index is 12.0. The van der Waals surface area contributed by atoms with Gasteiger partial charge in [-0.1, -0.05) is 12.1 Å². The molecule has 1 N–H and O–H groups in total. The van der Waals surface area contributed by atoms with Crippen molar-refractivity contribution in [1.82, 2.24) is 4.90 Å². The Morgan fingerprint density at radius 3 is 2.30 bits per heavy atom. The van der Waals surface area contributed by atoms with Gasteiger partial charge in [0.2, 0.25) is 0 Å². The van der Waals surface area contributed by atoms with E-state index in [4.69, 9.17) is 4.74 Å². The first-order chi connectivity index (χ1) is 9.54. The Bertz CT molecular complexity index is 519. The van der Waals surface area contributed by atoms with Crippen LogP contribution in [0.25, 0.3) is 0 Å². The van der Waals surface area contributed by atoms with E-state index in [-0.39, 0.29) is 19.6 Å². The Labute approximate surface area is 115 Å². The highest BCUT2D eigenvalue weighted by Gasteiger charge is 2.36. The Morgan fingerprint density at radius 2 is 1.80 bits per heavy atom. The number of imide groups is 1. The number of hydrogen-bond acceptors (Lipinski definition) is 5. The van der Waals surface area contributed by atoms with Gasteiger partial charge >= 0.3 is 5.97 Å². The van der Waals surface area contributed by atoms with E-state index >= 15 is 0 Å². The molecule has 1 unspecified atom stereocenters. The van der Waals surface area contributed by atoms with E-state index in [9.17, 15) is 19.5 Å². The number of aliphatic hydroxyl groups excluding tert-OH is 1. The van der Waals surface area contributed by atoms with Gasteiger partial charge in [0, 0.05) is 0 Å². The number of carbonyl (C=O) groups excluding carboxylic acids is 3. The van der Waals surface area contributed by atoms with Crippen molar-refractivity contribution >= 4 is 17.8 Å². The summed E-state index contributed by atoms with van der Waals surface area (Å²) in [5.41, 5.74) is 0.640. The smallest absolute Gasteiger partial charge is 0.308 e. The zero-order chi connectivity index (χ0) is 14.7. The molecule has 6 nitrogen and oxygen atoms in total. The molecule has 1 heterocycles. The second kappa shape index (κ2) is 5.83. The minimum atomic E-state index is -1.13. The summed E-state index contributed by atoms with van der Waals surface area (Å²) in [6.45, 7) is 1.66. The summed E-state index contributed by atoms with van der Waals surface area (Å²) in [6, 6.07) is 6.46. The summed E-state index contributed by atoms with van der Waals surface area (Å²) in [6.07, 6.45) is -1.38. The van der Waals surface area contributed by atoms with Gasteiger partial charge in [0.1, 0.15) is 0 Å². The van der Waals surface area contributed by atoms with Crippen LogP contribution in [0.3, 0.4) is 0 Å². The lowest BCUT2D eigenvalue weighted by atomic mass is 10.1. The summed E-state index contributed by atoms with van der Waals surface area (Å²) >= 11 is 0. The van der Waals surface area contributed by atoms with Crippen LogP contribution in [0.5, 0.6) is 0 Å². The van der Waals surface area contributed by atoms with Crippen molar-refractivity contribution in [3.05, 3.63) is 35.4 Å². The zero-order valence-corrected chi connectivity index (χ0v) is 11.0. The molecule has 0 bridgehead atoms. The van der Waals surface area contributed by atoms with Crippen molar-refractivity contribution in [1.29, 1.82) is 0 Å². The molecular formula is C14H15NO5. The quantitative estimate of drug-likeness (QED) is 0.629. The maximum Gasteiger partial charge on any atom is 0.308 e. The molecule has 20 heavy (non-hydrogen) atoms. The van der Waals surface area contributed by atoms with Gasteiger partial charge in [-0.3, -0.25) is 19.3 Å². The van der Waals surface area contributed by atoms with E-state index < -0.39 is 23.9 Å². The minimum absolute atomic E-state index is 0.217. The highest BCUT2D eigenvalue weighted by molar-refractivity contribution is 6.21. The summed E-state index contributed by atoms with van der Waals surface area (Å²) in [5, 5.41) is 9.77. The van der Waals surface area contributed by atoms with Crippen molar-refractivity contribution in [3.8, 4) is 0 Å². The second-order valence-corrected chi connectivity index (χ2v) is 4.43. The van der Waals surface area contributed by atoms with E-state index in [1.807, 2.05) is 0 Å². The standard InChI is InChI=1S/C14H15NO5/c1-2-20-12(17)7-9(16)8-15-13(18)10-5-3-4-6-11(10)14(15)19/h3-6,9,16H,2,7-8H2,1H3. The number of esters is 1. The predicted molar refractivity (Wildman–Crippen MR) is 69.1 cm³/mol. The van der Waals surface area contributed by atoms with Gasteiger partial charge in [0.15, 0.2) is 0 Å². The molecule has 2 rings (SSSR count). The average molecular weight is 277 g/mol. The molecule has 6 heteroatoms. The minimum Gasteiger partial charge on any atom is -0.466 e. The van der Waals surface area contributed by atoms with Gasteiger partial charge < -0.3 is 9.84 Å². The topological polar surface area (TPSA) is 83.9 Å². The number of β-amino-alcohol motifs (C(OH)–C–C–N with tert-alkyl or cyclic N) is 1. The van der Waals surface area contributed by atoms with Crippen LogP contribution >= 0.6 is 0 Å². The Kier molecular flexibility index (Phi) is 4.14. The first-order valence-corrected chi connectivity index (χ1v) is 6.33. The van der Waals surface area contributed by atoms with Crippen molar-refractivity contribution in [3.63, 3.8) is 0 Å². The number of benzene rings is 1. The molecule has 1 aliphatic rings. The van der Waals surface area contributed by atoms with Gasteiger partial charge in [-0.2, -0.15) is 0 Å². The first kappa shape index (κ1) is 14.2. The van der Waals surface area contributed by atoms with E-state index in [1.54, 1.807) is 31.2 Å². The van der Waals surface area contributed by atoms with Crippen LogP contribution < -0.4 is 0 Å². The highest BCUT2D eigenvalue weighted by atomic mass is 16.5. The second-order valence-electron chi connectivity index (χ2n) is 4.43. The van der Waals surface area contributed by atoms with E-state index in [1.165, 1.54) is 0 Å². The summed E-state index contributed by atoms with van der Waals surface area (Å²) in [5.74, 6) is -1.46. The third-order valence-electron chi connectivity index (χ3n) is 2.98. The fraction of sp³-hybridized carbons (Fsp3) is 0.357. The number of hydrogen-bond donors (Lipinski definition) is 1. The normalized spacial score (nSPS) is 15.2. The molecule has 0 aliphatic carbocycles. The van der Waals surface area contributed by atoms with Gasteiger partial charge in [-0.05, 0) is 19.1 Å². The van der Waals surface area contributed by atoms with Crippen molar-refractivity contribution < 1.29 is 24.2 Å². The number of amides is 2. The zero-order valence-electron chi connectivity index (χ0n) is 11.0. The molecule has 1 aromatic carbocycles. The average Bonchev–Trinajstić information content (AvgIpc) is 2.65. The highest BCUT2D eigenvalue weighted by Crippen LogP contribution is 2.22. The van der Waals surface area contributed by atoms with E-state index in [0.717, 1.165) is 4.90 Å². The monoisotopic (exact) mass is 277 g/mol. The Balaban J connectivity index is 2.03. The van der Waals surface area contributed by atoms with Crippen LogP contribution in [0.2, 0.25) is 0 Å². The van der Waals surface area contributed by atoms with E-state index in [2.05, 4.69) is 0 Å². The molecule has 0 saturated carbocycles. The molecule has 1 aromatic rings. The summed E-state index contributed by atoms with van der Waals surface area (Å²) in [4.78, 5) is 36.3. The summed E-state index contributed by atoms with van der Waals surface area (Å²) < 4.78 is 4.71. The van der Waals surface area contributed by atoms with Crippen molar-refractivity contribution in [2.24, 2.45) is 0 Å². The number of fused-ring (bicyclic) bond motifs is 1. The van der Waals surface area contributed by atoms with Crippen molar-refractivity contribution in [2.75, 3.05) is 13.2 Å². The van der Waals surface area contributed by atoms with Crippen molar-refractivity contribution in [2.45, 2.75) is 19.4 Å². The Morgan fingerprint density at radius 1 is 1.25 bits per heavy atom. The third-order valence-corrected chi connectivity index (χ3v) is 2.98. The van der Waals surface area contributed by atoms with Crippen LogP contribution in [0.4, 0.5) is 0 Å². The summed E-state index contributed by atoms with van der Waals surface area (Å²) in [7, 11) is 0. The van der Waals surface area contributed by atoms with E-state index in [0.29, 0.717) is 11.1 Å². The molecule has 0 aromatic heterocycles. The maximum absolute atomic E-state index is 12.0. The fourth-order valence-electron chi connectivity index (χ4n) is 2.09. The molecule has 106 valence electrons. The lowest BCUT2D eigenvalue weighted by molar-refractivity contribution is -0.145. The molecule has 0 fully saturated rings. The van der Waals surface area contributed by atoms with Crippen LogP contribution in [0, 0.1) is 0 Å².